The van der Waals surface area contributed by atoms with E-state index in [1.165, 1.54) is 11.3 Å². The number of carbonyl (C=O) groups excluding carboxylic acids is 1. The maximum Gasteiger partial charge on any atom is 0.263 e. The topological polar surface area (TPSA) is 62.2 Å². The first-order valence-corrected chi connectivity index (χ1v) is 6.45. The molecule has 0 saturated heterocycles. The molecule has 0 radical (unpaired) electrons. The van der Waals surface area contributed by atoms with Gasteiger partial charge in [-0.25, -0.2) is 4.98 Å². The van der Waals surface area contributed by atoms with Gasteiger partial charge in [0, 0.05) is 0 Å². The fraction of sp³-hybridized carbons (Fsp3) is 0.636. The largest absolute Gasteiger partial charge is 0.391 e. The van der Waals surface area contributed by atoms with Gasteiger partial charge in [-0.05, 0) is 19.8 Å². The Labute approximate surface area is 98.7 Å². The SMILES string of the molecule is Cc1ncsc1C(=O)NC1CCCCC1O. The van der Waals surface area contributed by atoms with Crippen LogP contribution in [0.2, 0.25) is 0 Å². The Morgan fingerprint density at radius 2 is 2.31 bits per heavy atom. The van der Waals surface area contributed by atoms with Gasteiger partial charge in [0.1, 0.15) is 4.88 Å². The third kappa shape index (κ3) is 2.41. The first kappa shape index (κ1) is 11.5. The molecule has 2 unspecified atom stereocenters. The molecule has 1 aliphatic rings. The van der Waals surface area contributed by atoms with Gasteiger partial charge in [0.15, 0.2) is 0 Å². The normalized spacial score (nSPS) is 25.4. The molecule has 4 nitrogen and oxygen atoms in total. The Bertz CT molecular complexity index is 378. The summed E-state index contributed by atoms with van der Waals surface area (Å²) in [5, 5.41) is 12.7. The van der Waals surface area contributed by atoms with Crippen molar-refractivity contribution in [3.63, 3.8) is 0 Å². The Morgan fingerprint density at radius 1 is 1.56 bits per heavy atom. The highest BCUT2D eigenvalue weighted by Gasteiger charge is 2.25. The number of hydrogen-bond donors (Lipinski definition) is 2. The monoisotopic (exact) mass is 240 g/mol. The minimum atomic E-state index is -0.397. The van der Waals surface area contributed by atoms with Crippen molar-refractivity contribution in [1.82, 2.24) is 10.3 Å². The van der Waals surface area contributed by atoms with Crippen molar-refractivity contribution >= 4 is 17.2 Å². The van der Waals surface area contributed by atoms with E-state index in [9.17, 15) is 9.90 Å². The van der Waals surface area contributed by atoms with Crippen LogP contribution in [-0.2, 0) is 0 Å². The molecule has 1 amide bonds. The van der Waals surface area contributed by atoms with E-state index in [1.54, 1.807) is 5.51 Å². The van der Waals surface area contributed by atoms with Gasteiger partial charge in [-0.15, -0.1) is 11.3 Å². The van der Waals surface area contributed by atoms with Crippen LogP contribution >= 0.6 is 11.3 Å². The third-order valence-corrected chi connectivity index (χ3v) is 3.93. The molecule has 1 fully saturated rings. The van der Waals surface area contributed by atoms with Gasteiger partial charge < -0.3 is 10.4 Å². The smallest absolute Gasteiger partial charge is 0.263 e. The highest BCUT2D eigenvalue weighted by Crippen LogP contribution is 2.19. The summed E-state index contributed by atoms with van der Waals surface area (Å²) in [5.41, 5.74) is 2.43. The minimum absolute atomic E-state index is 0.0947. The van der Waals surface area contributed by atoms with Crippen molar-refractivity contribution in [1.29, 1.82) is 0 Å². The number of hydrogen-bond acceptors (Lipinski definition) is 4. The molecule has 88 valence electrons. The lowest BCUT2D eigenvalue weighted by molar-refractivity contribution is 0.0719. The summed E-state index contributed by atoms with van der Waals surface area (Å²) in [6, 6.07) is -0.0947. The van der Waals surface area contributed by atoms with Crippen molar-refractivity contribution < 1.29 is 9.90 Å². The predicted molar refractivity (Wildman–Crippen MR) is 62.6 cm³/mol. The van der Waals surface area contributed by atoms with E-state index in [0.29, 0.717) is 4.88 Å². The van der Waals surface area contributed by atoms with Gasteiger partial charge in [-0.3, -0.25) is 4.79 Å². The van der Waals surface area contributed by atoms with Crippen LogP contribution in [0, 0.1) is 6.92 Å². The summed E-state index contributed by atoms with van der Waals surface area (Å²) in [5.74, 6) is -0.106. The molecule has 5 heteroatoms. The molecule has 1 saturated carbocycles. The molecular weight excluding hydrogens is 224 g/mol. The molecule has 0 spiro atoms. The van der Waals surface area contributed by atoms with Gasteiger partial charge in [-0.2, -0.15) is 0 Å². The van der Waals surface area contributed by atoms with Gasteiger partial charge in [0.25, 0.3) is 5.91 Å². The molecular formula is C11H16N2O2S. The minimum Gasteiger partial charge on any atom is -0.391 e. The second-order valence-electron chi connectivity index (χ2n) is 4.20. The second-order valence-corrected chi connectivity index (χ2v) is 5.05. The maximum absolute atomic E-state index is 11.9. The third-order valence-electron chi connectivity index (χ3n) is 3.00. The molecule has 1 aliphatic carbocycles. The van der Waals surface area contributed by atoms with Crippen molar-refractivity contribution in [3.05, 3.63) is 16.1 Å². The first-order chi connectivity index (χ1) is 7.68. The fourth-order valence-electron chi connectivity index (χ4n) is 2.03. The molecule has 1 heterocycles. The first-order valence-electron chi connectivity index (χ1n) is 5.57. The number of thiazole rings is 1. The van der Waals surface area contributed by atoms with E-state index in [0.717, 1.165) is 31.4 Å². The average molecular weight is 240 g/mol. The zero-order valence-corrected chi connectivity index (χ0v) is 10.1. The van der Waals surface area contributed by atoms with E-state index in [1.807, 2.05) is 6.92 Å². The van der Waals surface area contributed by atoms with Crippen LogP contribution in [-0.4, -0.2) is 28.1 Å². The number of aliphatic hydroxyl groups is 1. The number of carbonyl (C=O) groups is 1. The average Bonchev–Trinajstić information content (AvgIpc) is 2.68. The number of rotatable bonds is 2. The summed E-state index contributed by atoms with van der Waals surface area (Å²) < 4.78 is 0. The molecule has 2 atom stereocenters. The molecule has 0 aromatic carbocycles. The summed E-state index contributed by atoms with van der Waals surface area (Å²) in [6.07, 6.45) is 3.37. The van der Waals surface area contributed by atoms with Crippen molar-refractivity contribution in [2.45, 2.75) is 44.8 Å². The van der Waals surface area contributed by atoms with Crippen molar-refractivity contribution in [2.24, 2.45) is 0 Å². The van der Waals surface area contributed by atoms with Crippen LogP contribution < -0.4 is 5.32 Å². The fourth-order valence-corrected chi connectivity index (χ4v) is 2.74. The van der Waals surface area contributed by atoms with E-state index < -0.39 is 6.10 Å². The molecule has 1 aromatic heterocycles. The number of amides is 1. The van der Waals surface area contributed by atoms with Crippen LogP contribution in [0.1, 0.15) is 41.0 Å². The van der Waals surface area contributed by atoms with Crippen LogP contribution in [0.15, 0.2) is 5.51 Å². The summed E-state index contributed by atoms with van der Waals surface area (Å²) in [4.78, 5) is 16.6. The van der Waals surface area contributed by atoms with Crippen molar-refractivity contribution in [2.75, 3.05) is 0 Å². The molecule has 2 N–H and O–H groups in total. The Kier molecular flexibility index (Phi) is 3.56. The Balaban J connectivity index is 1.99. The summed E-state index contributed by atoms with van der Waals surface area (Å²) >= 11 is 1.34. The van der Waals surface area contributed by atoms with E-state index in [2.05, 4.69) is 10.3 Å². The lowest BCUT2D eigenvalue weighted by atomic mass is 9.92. The molecule has 16 heavy (non-hydrogen) atoms. The second kappa shape index (κ2) is 4.93. The van der Waals surface area contributed by atoms with E-state index in [4.69, 9.17) is 0 Å². The van der Waals surface area contributed by atoms with E-state index >= 15 is 0 Å². The van der Waals surface area contributed by atoms with Gasteiger partial charge in [-0.1, -0.05) is 12.8 Å². The van der Waals surface area contributed by atoms with Crippen LogP contribution in [0.5, 0.6) is 0 Å². The predicted octanol–water partition coefficient (Wildman–Crippen LogP) is 1.48. The van der Waals surface area contributed by atoms with Gasteiger partial charge >= 0.3 is 0 Å². The maximum atomic E-state index is 11.9. The Morgan fingerprint density at radius 3 is 2.94 bits per heavy atom. The van der Waals surface area contributed by atoms with Crippen LogP contribution in [0.25, 0.3) is 0 Å². The van der Waals surface area contributed by atoms with Crippen LogP contribution in [0.4, 0.5) is 0 Å². The quantitative estimate of drug-likeness (QED) is 0.823. The zero-order chi connectivity index (χ0) is 11.5. The summed E-state index contributed by atoms with van der Waals surface area (Å²) in [6.45, 7) is 1.82. The van der Waals surface area contributed by atoms with Gasteiger partial charge in [0.05, 0.1) is 23.4 Å². The Hall–Kier alpha value is -0.940. The van der Waals surface area contributed by atoms with Crippen LogP contribution in [0.3, 0.4) is 0 Å². The lowest BCUT2D eigenvalue weighted by Crippen LogP contribution is -2.45. The van der Waals surface area contributed by atoms with E-state index in [-0.39, 0.29) is 11.9 Å². The molecule has 0 aliphatic heterocycles. The molecule has 1 aromatic rings. The number of nitrogens with one attached hydrogen (secondary N) is 1. The van der Waals surface area contributed by atoms with Crippen molar-refractivity contribution in [3.8, 4) is 0 Å². The lowest BCUT2D eigenvalue weighted by Gasteiger charge is -2.28. The highest BCUT2D eigenvalue weighted by molar-refractivity contribution is 7.11. The molecule has 2 rings (SSSR count). The number of aliphatic hydroxyl groups excluding tert-OH is 1. The number of aryl methyl sites for hydroxylation is 1. The summed E-state index contributed by atoms with van der Waals surface area (Å²) in [7, 11) is 0. The molecule has 0 bridgehead atoms. The number of aromatic nitrogens is 1. The highest BCUT2D eigenvalue weighted by atomic mass is 32.1. The standard InChI is InChI=1S/C11H16N2O2S/c1-7-10(16-6-12-7)11(15)13-8-4-2-3-5-9(8)14/h6,8-9,14H,2-5H2,1H3,(H,13,15). The van der Waals surface area contributed by atoms with Gasteiger partial charge in [0.2, 0.25) is 0 Å². The zero-order valence-electron chi connectivity index (χ0n) is 9.27. The number of nitrogens with zero attached hydrogens (tertiary/aromatic N) is 1.